The summed E-state index contributed by atoms with van der Waals surface area (Å²) in [5.74, 6) is 0.0594. The molecule has 98 valence electrons. The van der Waals surface area contributed by atoms with E-state index in [0.717, 1.165) is 37.1 Å². The monoisotopic (exact) mass is 265 g/mol. The quantitative estimate of drug-likeness (QED) is 0.747. The van der Waals surface area contributed by atoms with Crippen molar-refractivity contribution in [3.05, 3.63) is 35.4 Å². The molecule has 2 nitrogen and oxygen atoms in total. The van der Waals surface area contributed by atoms with Gasteiger partial charge in [-0.15, -0.1) is 11.6 Å². The zero-order valence-corrected chi connectivity index (χ0v) is 11.6. The van der Waals surface area contributed by atoms with Gasteiger partial charge in [-0.1, -0.05) is 42.7 Å². The summed E-state index contributed by atoms with van der Waals surface area (Å²) in [5.41, 5.74) is 2.05. The van der Waals surface area contributed by atoms with Gasteiger partial charge in [0.05, 0.1) is 0 Å². The number of hydrogen-bond acceptors (Lipinski definition) is 1. The largest absolute Gasteiger partial charge is 0.341 e. The molecule has 2 rings (SSSR count). The molecule has 1 aliphatic rings. The Morgan fingerprint density at radius 3 is 2.50 bits per heavy atom. The number of nitrogens with zero attached hydrogens (tertiary/aromatic N) is 1. The van der Waals surface area contributed by atoms with Gasteiger partial charge in [-0.25, -0.2) is 0 Å². The van der Waals surface area contributed by atoms with Crippen LogP contribution < -0.4 is 0 Å². The van der Waals surface area contributed by atoms with Gasteiger partial charge in [0.1, 0.15) is 5.38 Å². The van der Waals surface area contributed by atoms with E-state index in [2.05, 4.69) is 0 Å². The van der Waals surface area contributed by atoms with Gasteiger partial charge in [-0.3, -0.25) is 4.79 Å². The Kier molecular flexibility index (Phi) is 4.65. The summed E-state index contributed by atoms with van der Waals surface area (Å²) >= 11 is 6.32. The van der Waals surface area contributed by atoms with Gasteiger partial charge in [0.25, 0.3) is 0 Å². The lowest BCUT2D eigenvalue weighted by molar-refractivity contribution is -0.130. The van der Waals surface area contributed by atoms with E-state index in [1.54, 1.807) is 0 Å². The van der Waals surface area contributed by atoms with Crippen molar-refractivity contribution in [1.29, 1.82) is 0 Å². The summed E-state index contributed by atoms with van der Waals surface area (Å²) in [7, 11) is 0. The van der Waals surface area contributed by atoms with Crippen molar-refractivity contribution in [2.75, 3.05) is 13.1 Å². The zero-order valence-electron chi connectivity index (χ0n) is 10.9. The normalized spacial score (nSPS) is 18.2. The van der Waals surface area contributed by atoms with Gasteiger partial charge in [0.2, 0.25) is 5.91 Å². The lowest BCUT2D eigenvalue weighted by Gasteiger charge is -2.23. The first-order valence-corrected chi connectivity index (χ1v) is 7.11. The fourth-order valence-electron chi connectivity index (χ4n) is 2.42. The molecule has 1 unspecified atom stereocenters. The van der Waals surface area contributed by atoms with E-state index in [1.807, 2.05) is 36.1 Å². The van der Waals surface area contributed by atoms with Crippen LogP contribution in [0.25, 0.3) is 0 Å². The molecular formula is C15H20ClNO. The van der Waals surface area contributed by atoms with Crippen molar-refractivity contribution in [1.82, 2.24) is 4.90 Å². The Bertz CT molecular complexity index is 411. The van der Waals surface area contributed by atoms with E-state index in [4.69, 9.17) is 11.6 Å². The standard InChI is InChI=1S/C15H20ClNO/c1-12-7-6-8-13(11-12)14(16)15(18)17-9-4-2-3-5-10-17/h6-8,11,14H,2-5,9-10H2,1H3. The number of alkyl halides is 1. The summed E-state index contributed by atoms with van der Waals surface area (Å²) in [6.45, 7) is 3.73. The first-order valence-electron chi connectivity index (χ1n) is 6.68. The molecule has 3 heteroatoms. The lowest BCUT2D eigenvalue weighted by Crippen LogP contribution is -2.34. The molecule has 1 fully saturated rings. The van der Waals surface area contributed by atoms with Crippen LogP contribution in [-0.2, 0) is 4.79 Å². The SMILES string of the molecule is Cc1cccc(C(Cl)C(=O)N2CCCCCC2)c1. The van der Waals surface area contributed by atoms with Crippen LogP contribution in [0.1, 0.15) is 42.2 Å². The molecule has 0 aliphatic carbocycles. The maximum Gasteiger partial charge on any atom is 0.245 e. The predicted molar refractivity (Wildman–Crippen MR) is 74.8 cm³/mol. The highest BCUT2D eigenvalue weighted by Gasteiger charge is 2.24. The Hall–Kier alpha value is -1.02. The number of amides is 1. The van der Waals surface area contributed by atoms with Crippen LogP contribution in [0.3, 0.4) is 0 Å². The molecule has 0 radical (unpaired) electrons. The summed E-state index contributed by atoms with van der Waals surface area (Å²) in [6.07, 6.45) is 4.65. The molecule has 0 spiro atoms. The Morgan fingerprint density at radius 1 is 1.22 bits per heavy atom. The Labute approximate surface area is 114 Å². The van der Waals surface area contributed by atoms with Crippen molar-refractivity contribution in [2.24, 2.45) is 0 Å². The highest BCUT2D eigenvalue weighted by molar-refractivity contribution is 6.30. The maximum atomic E-state index is 12.4. The van der Waals surface area contributed by atoms with E-state index >= 15 is 0 Å². The minimum absolute atomic E-state index is 0.0594. The number of hydrogen-bond donors (Lipinski definition) is 0. The second kappa shape index (κ2) is 6.24. The number of likely N-dealkylation sites (tertiary alicyclic amines) is 1. The van der Waals surface area contributed by atoms with Gasteiger partial charge in [-0.2, -0.15) is 0 Å². The van der Waals surface area contributed by atoms with Gasteiger partial charge in [-0.05, 0) is 25.3 Å². The number of aryl methyl sites for hydroxylation is 1. The molecule has 18 heavy (non-hydrogen) atoms. The van der Waals surface area contributed by atoms with Crippen LogP contribution in [0.5, 0.6) is 0 Å². The van der Waals surface area contributed by atoms with Crippen LogP contribution in [0.2, 0.25) is 0 Å². The number of benzene rings is 1. The number of rotatable bonds is 2. The van der Waals surface area contributed by atoms with E-state index < -0.39 is 5.38 Å². The number of halogens is 1. The summed E-state index contributed by atoms with van der Waals surface area (Å²) < 4.78 is 0. The zero-order chi connectivity index (χ0) is 13.0. The number of carbonyl (C=O) groups excluding carboxylic acids is 1. The smallest absolute Gasteiger partial charge is 0.245 e. The average Bonchev–Trinajstić information content (AvgIpc) is 2.66. The molecule has 1 heterocycles. The minimum atomic E-state index is -0.539. The average molecular weight is 266 g/mol. The molecule has 0 N–H and O–H groups in total. The highest BCUT2D eigenvalue weighted by atomic mass is 35.5. The second-order valence-electron chi connectivity index (χ2n) is 5.02. The molecule has 0 saturated carbocycles. The fourth-order valence-corrected chi connectivity index (χ4v) is 2.70. The second-order valence-corrected chi connectivity index (χ2v) is 5.45. The van der Waals surface area contributed by atoms with Gasteiger partial charge in [0, 0.05) is 13.1 Å². The van der Waals surface area contributed by atoms with E-state index in [0.29, 0.717) is 0 Å². The lowest BCUT2D eigenvalue weighted by atomic mass is 10.1. The van der Waals surface area contributed by atoms with Crippen LogP contribution in [0, 0.1) is 6.92 Å². The van der Waals surface area contributed by atoms with Gasteiger partial charge < -0.3 is 4.90 Å². The summed E-state index contributed by atoms with van der Waals surface area (Å²) in [4.78, 5) is 14.3. The minimum Gasteiger partial charge on any atom is -0.341 e. The van der Waals surface area contributed by atoms with Crippen molar-refractivity contribution in [3.8, 4) is 0 Å². The molecule has 1 atom stereocenters. The van der Waals surface area contributed by atoms with Crippen LogP contribution in [-0.4, -0.2) is 23.9 Å². The number of carbonyl (C=O) groups is 1. The van der Waals surface area contributed by atoms with E-state index in [9.17, 15) is 4.79 Å². The van der Waals surface area contributed by atoms with Crippen molar-refractivity contribution in [2.45, 2.75) is 38.0 Å². The first-order chi connectivity index (χ1) is 8.68. The van der Waals surface area contributed by atoms with Crippen LogP contribution >= 0.6 is 11.6 Å². The molecule has 1 saturated heterocycles. The van der Waals surface area contributed by atoms with Crippen molar-refractivity contribution >= 4 is 17.5 Å². The molecule has 1 aromatic carbocycles. The summed E-state index contributed by atoms with van der Waals surface area (Å²) in [5, 5.41) is -0.539. The Morgan fingerprint density at radius 2 is 1.89 bits per heavy atom. The maximum absolute atomic E-state index is 12.4. The fraction of sp³-hybridized carbons (Fsp3) is 0.533. The molecule has 1 aliphatic heterocycles. The third-order valence-corrected chi connectivity index (χ3v) is 3.91. The molecule has 1 amide bonds. The predicted octanol–water partition coefficient (Wildman–Crippen LogP) is 3.68. The first kappa shape index (κ1) is 13.4. The topological polar surface area (TPSA) is 20.3 Å². The third-order valence-electron chi connectivity index (χ3n) is 3.47. The summed E-state index contributed by atoms with van der Waals surface area (Å²) in [6, 6.07) is 7.90. The van der Waals surface area contributed by atoms with E-state index in [1.165, 1.54) is 12.8 Å². The van der Waals surface area contributed by atoms with Crippen LogP contribution in [0.4, 0.5) is 0 Å². The van der Waals surface area contributed by atoms with Gasteiger partial charge >= 0.3 is 0 Å². The van der Waals surface area contributed by atoms with E-state index in [-0.39, 0.29) is 5.91 Å². The Balaban J connectivity index is 2.07. The van der Waals surface area contributed by atoms with Crippen molar-refractivity contribution < 1.29 is 4.79 Å². The third kappa shape index (κ3) is 3.26. The molecule has 0 aromatic heterocycles. The molecule has 1 aromatic rings. The van der Waals surface area contributed by atoms with Crippen molar-refractivity contribution in [3.63, 3.8) is 0 Å². The highest BCUT2D eigenvalue weighted by Crippen LogP contribution is 2.25. The molecular weight excluding hydrogens is 246 g/mol. The van der Waals surface area contributed by atoms with Crippen LogP contribution in [0.15, 0.2) is 24.3 Å². The van der Waals surface area contributed by atoms with Gasteiger partial charge in [0.15, 0.2) is 0 Å². The molecule has 0 bridgehead atoms.